The minimum absolute atomic E-state index is 0.545. The molecule has 2 aromatic rings. The van der Waals surface area contributed by atoms with Gasteiger partial charge in [0, 0.05) is 11.3 Å². The van der Waals surface area contributed by atoms with E-state index in [1.807, 2.05) is 19.1 Å². The third-order valence-corrected chi connectivity index (χ3v) is 3.94. The average Bonchev–Trinajstić information content (AvgIpc) is 2.59. The van der Waals surface area contributed by atoms with Gasteiger partial charge in [-0.2, -0.15) is 5.26 Å². The first-order chi connectivity index (χ1) is 11.3. The smallest absolute Gasteiger partial charge is 0.133 e. The van der Waals surface area contributed by atoms with Crippen molar-refractivity contribution in [1.29, 1.82) is 5.26 Å². The van der Waals surface area contributed by atoms with Gasteiger partial charge < -0.3 is 10.1 Å². The summed E-state index contributed by atoms with van der Waals surface area (Å²) in [6, 6.07) is 9.24. The molecule has 0 unspecified atom stereocenters. The van der Waals surface area contributed by atoms with E-state index >= 15 is 0 Å². The number of hydrogen-bond donors (Lipinski definition) is 1. The maximum atomic E-state index is 8.78. The second-order valence-corrected chi connectivity index (χ2v) is 5.66. The lowest BCUT2D eigenvalue weighted by molar-refractivity contribution is 0.332. The van der Waals surface area contributed by atoms with Crippen molar-refractivity contribution >= 4 is 5.82 Å². The first-order valence-electron chi connectivity index (χ1n) is 7.99. The fraction of sp³-hybridized carbons (Fsp3) is 0.389. The number of nitriles is 1. The van der Waals surface area contributed by atoms with Crippen LogP contribution in [0, 0.1) is 18.3 Å². The molecule has 1 heterocycles. The predicted molar refractivity (Wildman–Crippen MR) is 88.6 cm³/mol. The zero-order valence-electron chi connectivity index (χ0n) is 13.3. The maximum absolute atomic E-state index is 8.78. The fourth-order valence-electron chi connectivity index (χ4n) is 2.83. The Kier molecular flexibility index (Phi) is 4.72. The van der Waals surface area contributed by atoms with E-state index in [9.17, 15) is 0 Å². The SMILES string of the molecule is Cc1nc2c(c(NCCOc3ccc(C#N)cc3)n1)CCCC2. The van der Waals surface area contributed by atoms with Crippen molar-refractivity contribution in [3.8, 4) is 11.8 Å². The molecule has 0 radical (unpaired) electrons. The molecule has 118 valence electrons. The molecule has 0 saturated carbocycles. The molecule has 0 spiro atoms. The van der Waals surface area contributed by atoms with Gasteiger partial charge in [0.15, 0.2) is 0 Å². The summed E-state index contributed by atoms with van der Waals surface area (Å²) in [5.74, 6) is 2.54. The molecule has 1 aliphatic carbocycles. The summed E-state index contributed by atoms with van der Waals surface area (Å²) < 4.78 is 5.69. The molecule has 5 nitrogen and oxygen atoms in total. The van der Waals surface area contributed by atoms with E-state index in [1.54, 1.807) is 12.1 Å². The number of rotatable bonds is 5. The number of nitrogens with one attached hydrogen (secondary N) is 1. The van der Waals surface area contributed by atoms with Crippen molar-refractivity contribution in [2.45, 2.75) is 32.6 Å². The predicted octanol–water partition coefficient (Wildman–Crippen LogP) is 3.03. The quantitative estimate of drug-likeness (QED) is 0.860. The van der Waals surface area contributed by atoms with Gasteiger partial charge in [-0.15, -0.1) is 0 Å². The summed E-state index contributed by atoms with van der Waals surface area (Å²) >= 11 is 0. The highest BCUT2D eigenvalue weighted by molar-refractivity contribution is 5.47. The summed E-state index contributed by atoms with van der Waals surface area (Å²) in [4.78, 5) is 9.10. The number of aryl methyl sites for hydroxylation is 2. The molecule has 1 aliphatic rings. The van der Waals surface area contributed by atoms with Crippen LogP contribution in [0.3, 0.4) is 0 Å². The zero-order chi connectivity index (χ0) is 16.1. The fourth-order valence-corrected chi connectivity index (χ4v) is 2.83. The average molecular weight is 308 g/mol. The molecule has 0 fully saturated rings. The van der Waals surface area contributed by atoms with E-state index in [1.165, 1.54) is 24.1 Å². The van der Waals surface area contributed by atoms with Crippen LogP contribution in [0.2, 0.25) is 0 Å². The number of fused-ring (bicyclic) bond motifs is 1. The Morgan fingerprint density at radius 3 is 2.74 bits per heavy atom. The Balaban J connectivity index is 1.56. The lowest BCUT2D eigenvalue weighted by Crippen LogP contribution is -2.17. The summed E-state index contributed by atoms with van der Waals surface area (Å²) in [5, 5.41) is 12.2. The van der Waals surface area contributed by atoms with Gasteiger partial charge in [0.05, 0.1) is 18.2 Å². The molecule has 5 heteroatoms. The van der Waals surface area contributed by atoms with E-state index in [0.717, 1.165) is 30.2 Å². The molecule has 0 aliphatic heterocycles. The topological polar surface area (TPSA) is 70.8 Å². The van der Waals surface area contributed by atoms with Gasteiger partial charge in [-0.1, -0.05) is 0 Å². The third-order valence-electron chi connectivity index (χ3n) is 3.94. The van der Waals surface area contributed by atoms with Gasteiger partial charge in [0.25, 0.3) is 0 Å². The van der Waals surface area contributed by atoms with Gasteiger partial charge in [0.1, 0.15) is 24.0 Å². The second kappa shape index (κ2) is 7.10. The first kappa shape index (κ1) is 15.3. The molecular weight excluding hydrogens is 288 g/mol. The van der Waals surface area contributed by atoms with E-state index in [0.29, 0.717) is 18.7 Å². The van der Waals surface area contributed by atoms with Crippen LogP contribution < -0.4 is 10.1 Å². The second-order valence-electron chi connectivity index (χ2n) is 5.66. The van der Waals surface area contributed by atoms with Crippen molar-refractivity contribution < 1.29 is 4.74 Å². The van der Waals surface area contributed by atoms with E-state index in [-0.39, 0.29) is 0 Å². The van der Waals surface area contributed by atoms with Crippen molar-refractivity contribution in [2.75, 3.05) is 18.5 Å². The summed E-state index contributed by atoms with van der Waals surface area (Å²) in [7, 11) is 0. The number of aromatic nitrogens is 2. The molecular formula is C18H20N4O. The van der Waals surface area contributed by atoms with Crippen LogP contribution in [0.1, 0.15) is 35.5 Å². The van der Waals surface area contributed by atoms with Gasteiger partial charge in [-0.25, -0.2) is 9.97 Å². The molecule has 0 atom stereocenters. The van der Waals surface area contributed by atoms with Crippen LogP contribution >= 0.6 is 0 Å². The highest BCUT2D eigenvalue weighted by Crippen LogP contribution is 2.25. The van der Waals surface area contributed by atoms with E-state index < -0.39 is 0 Å². The van der Waals surface area contributed by atoms with E-state index in [2.05, 4.69) is 21.4 Å². The Hall–Kier alpha value is -2.61. The number of anilines is 1. The standard InChI is InChI=1S/C18H20N4O/c1-13-21-17-5-3-2-4-16(17)18(22-13)20-10-11-23-15-8-6-14(12-19)7-9-15/h6-9H,2-5,10-11H2,1H3,(H,20,21,22). The van der Waals surface area contributed by atoms with Gasteiger partial charge in [0.2, 0.25) is 0 Å². The van der Waals surface area contributed by atoms with E-state index in [4.69, 9.17) is 10.00 Å². The van der Waals surface area contributed by atoms with Crippen LogP contribution in [0.15, 0.2) is 24.3 Å². The first-order valence-corrected chi connectivity index (χ1v) is 7.99. The molecule has 0 amide bonds. The van der Waals surface area contributed by atoms with Crippen LogP contribution in [0.4, 0.5) is 5.82 Å². The van der Waals surface area contributed by atoms with Gasteiger partial charge in [-0.3, -0.25) is 0 Å². The Labute approximate surface area is 136 Å². The van der Waals surface area contributed by atoms with Crippen LogP contribution in [0.5, 0.6) is 5.75 Å². The third kappa shape index (κ3) is 3.78. The molecule has 0 bridgehead atoms. The zero-order valence-corrected chi connectivity index (χ0v) is 13.3. The molecule has 3 rings (SSSR count). The molecule has 23 heavy (non-hydrogen) atoms. The number of benzene rings is 1. The van der Waals surface area contributed by atoms with Crippen LogP contribution in [-0.4, -0.2) is 23.1 Å². The lowest BCUT2D eigenvalue weighted by atomic mass is 9.96. The number of hydrogen-bond acceptors (Lipinski definition) is 5. The Morgan fingerprint density at radius 2 is 1.96 bits per heavy atom. The Morgan fingerprint density at radius 1 is 1.17 bits per heavy atom. The Bertz CT molecular complexity index is 719. The van der Waals surface area contributed by atoms with Crippen molar-refractivity contribution in [2.24, 2.45) is 0 Å². The highest BCUT2D eigenvalue weighted by Gasteiger charge is 2.16. The minimum atomic E-state index is 0.545. The summed E-state index contributed by atoms with van der Waals surface area (Å²) in [6.07, 6.45) is 4.52. The van der Waals surface area contributed by atoms with Crippen molar-refractivity contribution in [3.05, 3.63) is 46.9 Å². The molecule has 1 aromatic carbocycles. The number of nitrogens with zero attached hydrogens (tertiary/aromatic N) is 3. The molecule has 1 N–H and O–H groups in total. The van der Waals surface area contributed by atoms with Crippen LogP contribution in [0.25, 0.3) is 0 Å². The lowest BCUT2D eigenvalue weighted by Gasteiger charge is -2.19. The van der Waals surface area contributed by atoms with Crippen molar-refractivity contribution in [1.82, 2.24) is 9.97 Å². The largest absolute Gasteiger partial charge is 0.492 e. The summed E-state index contributed by atoms with van der Waals surface area (Å²) in [5.41, 5.74) is 3.10. The van der Waals surface area contributed by atoms with Gasteiger partial charge in [-0.05, 0) is 56.9 Å². The summed E-state index contributed by atoms with van der Waals surface area (Å²) in [6.45, 7) is 3.17. The minimum Gasteiger partial charge on any atom is -0.492 e. The maximum Gasteiger partial charge on any atom is 0.133 e. The number of ether oxygens (including phenoxy) is 1. The normalized spacial score (nSPS) is 13.0. The molecule has 1 aromatic heterocycles. The van der Waals surface area contributed by atoms with Gasteiger partial charge >= 0.3 is 0 Å². The highest BCUT2D eigenvalue weighted by atomic mass is 16.5. The van der Waals surface area contributed by atoms with Crippen LogP contribution in [-0.2, 0) is 12.8 Å². The monoisotopic (exact) mass is 308 g/mol. The molecule has 0 saturated heterocycles. The van der Waals surface area contributed by atoms with Crippen molar-refractivity contribution in [3.63, 3.8) is 0 Å².